The molecule has 0 heterocycles. The molecule has 0 amide bonds. The first-order chi connectivity index (χ1) is 9.38. The average molecular weight is 291 g/mol. The van der Waals surface area contributed by atoms with E-state index < -0.39 is 0 Å². The summed E-state index contributed by atoms with van der Waals surface area (Å²) in [5.41, 5.74) is 1.56. The van der Waals surface area contributed by atoms with Gasteiger partial charge in [0.25, 0.3) is 0 Å². The second-order valence-corrected chi connectivity index (χ2v) is 6.42. The molecule has 2 rings (SSSR count). The number of esters is 1. The van der Waals surface area contributed by atoms with Crippen molar-refractivity contribution in [1.29, 1.82) is 0 Å². The van der Waals surface area contributed by atoms with E-state index in [0.29, 0.717) is 18.6 Å². The normalized spacial score (nSPS) is 15.9. The van der Waals surface area contributed by atoms with E-state index in [9.17, 15) is 4.79 Å². The van der Waals surface area contributed by atoms with Crippen molar-refractivity contribution in [2.24, 2.45) is 5.41 Å². The van der Waals surface area contributed by atoms with Gasteiger partial charge in [0.2, 0.25) is 0 Å². The molecule has 106 valence electrons. The maximum atomic E-state index is 12.4. The fourth-order valence-electron chi connectivity index (χ4n) is 2.23. The predicted octanol–water partition coefficient (Wildman–Crippen LogP) is 4.85. The van der Waals surface area contributed by atoms with E-state index >= 15 is 0 Å². The van der Waals surface area contributed by atoms with Crippen molar-refractivity contribution in [3.8, 4) is 5.75 Å². The lowest BCUT2D eigenvalue weighted by atomic mass is 9.80. The number of para-hydroxylation sites is 1. The van der Waals surface area contributed by atoms with Gasteiger partial charge < -0.3 is 4.74 Å². The summed E-state index contributed by atoms with van der Waals surface area (Å²) in [6.07, 6.45) is 3.24. The predicted molar refractivity (Wildman–Crippen MR) is 81.7 cm³/mol. The minimum atomic E-state index is -0.276. The van der Waals surface area contributed by atoms with Gasteiger partial charge in [-0.25, -0.2) is 4.79 Å². The second kappa shape index (κ2) is 5.84. The Morgan fingerprint density at radius 1 is 1.15 bits per heavy atom. The minimum Gasteiger partial charge on any atom is -0.423 e. The Balaban J connectivity index is 2.31. The first-order valence-corrected chi connectivity index (χ1v) is 7.12. The fraction of sp³-hybridized carbons (Fsp3) is 0.353. The number of ether oxygens (including phenoxy) is 1. The van der Waals surface area contributed by atoms with Gasteiger partial charge in [-0.05, 0) is 42.0 Å². The van der Waals surface area contributed by atoms with Crippen molar-refractivity contribution in [2.75, 3.05) is 0 Å². The first kappa shape index (κ1) is 14.9. The summed E-state index contributed by atoms with van der Waals surface area (Å²) < 4.78 is 5.45. The van der Waals surface area contributed by atoms with Crippen LogP contribution < -0.4 is 4.74 Å². The molecule has 0 aromatic heterocycles. The highest BCUT2D eigenvalue weighted by atomic mass is 35.5. The van der Waals surface area contributed by atoms with Gasteiger partial charge in [-0.3, -0.25) is 0 Å². The molecule has 0 bridgehead atoms. The highest BCUT2D eigenvalue weighted by Gasteiger charge is 2.27. The summed E-state index contributed by atoms with van der Waals surface area (Å²) in [4.78, 5) is 12.4. The molecule has 0 atom stereocenters. The summed E-state index contributed by atoms with van der Waals surface area (Å²) in [5, 5.41) is 0.797. The molecular weight excluding hydrogens is 272 g/mol. The highest BCUT2D eigenvalue weighted by Crippen LogP contribution is 2.37. The van der Waals surface area contributed by atoms with Crippen LogP contribution in [0.1, 0.15) is 33.6 Å². The van der Waals surface area contributed by atoms with Crippen molar-refractivity contribution in [3.05, 3.63) is 52.6 Å². The van der Waals surface area contributed by atoms with E-state index in [1.165, 1.54) is 0 Å². The molecule has 0 unspecified atom stereocenters. The van der Waals surface area contributed by atoms with Crippen LogP contribution in [-0.2, 0) is 4.79 Å². The topological polar surface area (TPSA) is 26.3 Å². The average Bonchev–Trinajstić information content (AvgIpc) is 2.38. The first-order valence-electron chi connectivity index (χ1n) is 6.75. The zero-order chi connectivity index (χ0) is 14.8. The van der Waals surface area contributed by atoms with Crippen molar-refractivity contribution in [3.63, 3.8) is 0 Å². The maximum Gasteiger partial charge on any atom is 0.339 e. The summed E-state index contributed by atoms with van der Waals surface area (Å²) in [6, 6.07) is 9.14. The Kier molecular flexibility index (Phi) is 4.34. The largest absolute Gasteiger partial charge is 0.423 e. The van der Waals surface area contributed by atoms with Crippen LogP contribution in [0.2, 0.25) is 0 Å². The summed E-state index contributed by atoms with van der Waals surface area (Å²) in [7, 11) is 0. The third-order valence-corrected chi connectivity index (χ3v) is 3.55. The van der Waals surface area contributed by atoms with Crippen LogP contribution in [0.15, 0.2) is 52.6 Å². The van der Waals surface area contributed by atoms with Gasteiger partial charge in [-0.1, -0.05) is 50.6 Å². The SMILES string of the molecule is CC(C)(C)C1=C(C(=O)Oc2ccccc2)CCC(Cl)=C1. The molecule has 2 nitrogen and oxygen atoms in total. The van der Waals surface area contributed by atoms with Crippen LogP contribution in [0.25, 0.3) is 0 Å². The third kappa shape index (κ3) is 3.51. The van der Waals surface area contributed by atoms with E-state index in [1.54, 1.807) is 12.1 Å². The molecule has 0 fully saturated rings. The van der Waals surface area contributed by atoms with Crippen LogP contribution in [0, 0.1) is 5.41 Å². The molecule has 1 aromatic rings. The molecule has 0 saturated carbocycles. The molecule has 0 N–H and O–H groups in total. The quantitative estimate of drug-likeness (QED) is 0.575. The number of carbonyl (C=O) groups is 1. The lowest BCUT2D eigenvalue weighted by Gasteiger charge is -2.27. The third-order valence-electron chi connectivity index (χ3n) is 3.25. The second-order valence-electron chi connectivity index (χ2n) is 5.94. The maximum absolute atomic E-state index is 12.4. The summed E-state index contributed by atoms with van der Waals surface area (Å²) >= 11 is 6.12. The van der Waals surface area contributed by atoms with Gasteiger partial charge >= 0.3 is 5.97 Å². The van der Waals surface area contributed by atoms with Crippen LogP contribution in [0.5, 0.6) is 5.75 Å². The monoisotopic (exact) mass is 290 g/mol. The van der Waals surface area contributed by atoms with Gasteiger partial charge in [-0.2, -0.15) is 0 Å². The van der Waals surface area contributed by atoms with Gasteiger partial charge in [0.1, 0.15) is 5.75 Å². The van der Waals surface area contributed by atoms with E-state index in [-0.39, 0.29) is 11.4 Å². The van der Waals surface area contributed by atoms with E-state index in [1.807, 2.05) is 24.3 Å². The number of hydrogen-bond donors (Lipinski definition) is 0. The molecule has 0 saturated heterocycles. The Bertz CT molecular complexity index is 562. The van der Waals surface area contributed by atoms with Gasteiger partial charge in [-0.15, -0.1) is 0 Å². The number of carbonyl (C=O) groups excluding carboxylic acids is 1. The standard InChI is InChI=1S/C17H19ClO2/c1-17(2,3)15-11-12(18)9-10-14(15)16(19)20-13-7-5-4-6-8-13/h4-8,11H,9-10H2,1-3H3. The molecular formula is C17H19ClO2. The number of rotatable bonds is 2. The lowest BCUT2D eigenvalue weighted by molar-refractivity contribution is -0.130. The zero-order valence-corrected chi connectivity index (χ0v) is 12.8. The Labute approximate surface area is 125 Å². The fourth-order valence-corrected chi connectivity index (χ4v) is 2.44. The van der Waals surface area contributed by atoms with Gasteiger partial charge in [0.15, 0.2) is 0 Å². The van der Waals surface area contributed by atoms with Gasteiger partial charge in [0.05, 0.1) is 0 Å². The number of benzene rings is 1. The molecule has 0 spiro atoms. The molecule has 1 aliphatic rings. The Morgan fingerprint density at radius 2 is 1.80 bits per heavy atom. The Hall–Kier alpha value is -1.54. The summed E-state index contributed by atoms with van der Waals surface area (Å²) in [5.74, 6) is 0.292. The van der Waals surface area contributed by atoms with E-state index in [4.69, 9.17) is 16.3 Å². The zero-order valence-electron chi connectivity index (χ0n) is 12.1. The van der Waals surface area contributed by atoms with Crippen LogP contribution in [0.4, 0.5) is 0 Å². The molecule has 1 aromatic carbocycles. The van der Waals surface area contributed by atoms with Crippen molar-refractivity contribution >= 4 is 17.6 Å². The van der Waals surface area contributed by atoms with Crippen LogP contribution in [-0.4, -0.2) is 5.97 Å². The van der Waals surface area contributed by atoms with Crippen molar-refractivity contribution in [1.82, 2.24) is 0 Å². The minimum absolute atomic E-state index is 0.133. The van der Waals surface area contributed by atoms with Crippen LogP contribution in [0.3, 0.4) is 0 Å². The van der Waals surface area contributed by atoms with Crippen molar-refractivity contribution in [2.45, 2.75) is 33.6 Å². The smallest absolute Gasteiger partial charge is 0.339 e. The lowest BCUT2D eigenvalue weighted by Crippen LogP contribution is -2.21. The molecule has 0 radical (unpaired) electrons. The number of hydrogen-bond acceptors (Lipinski definition) is 2. The Morgan fingerprint density at radius 3 is 2.40 bits per heavy atom. The highest BCUT2D eigenvalue weighted by molar-refractivity contribution is 6.30. The molecule has 20 heavy (non-hydrogen) atoms. The molecule has 0 aliphatic heterocycles. The van der Waals surface area contributed by atoms with Gasteiger partial charge in [0, 0.05) is 10.6 Å². The van der Waals surface area contributed by atoms with E-state index in [0.717, 1.165) is 16.2 Å². The summed E-state index contributed by atoms with van der Waals surface area (Å²) in [6.45, 7) is 6.22. The number of halogens is 1. The molecule has 3 heteroatoms. The molecule has 1 aliphatic carbocycles. The van der Waals surface area contributed by atoms with Crippen LogP contribution >= 0.6 is 11.6 Å². The number of allylic oxidation sites excluding steroid dienone is 3. The van der Waals surface area contributed by atoms with Crippen molar-refractivity contribution < 1.29 is 9.53 Å². The van der Waals surface area contributed by atoms with E-state index in [2.05, 4.69) is 20.8 Å².